The minimum Gasteiger partial charge on any atom is -0.366 e. The number of nitro benzene ring substituents is 1. The summed E-state index contributed by atoms with van der Waals surface area (Å²) >= 11 is 0. The molecule has 0 aliphatic carbocycles. The Hall–Kier alpha value is -3.55. The molecule has 0 unspecified atom stereocenters. The molecule has 2 aliphatic rings. The van der Waals surface area contributed by atoms with Gasteiger partial charge in [-0.25, -0.2) is 9.29 Å². The van der Waals surface area contributed by atoms with Crippen LogP contribution in [0.3, 0.4) is 0 Å². The summed E-state index contributed by atoms with van der Waals surface area (Å²) in [4.78, 5) is 39.4. The highest BCUT2D eigenvalue weighted by Crippen LogP contribution is 2.37. The standard InChI is InChI=1S/C20H16FN3O4/c21-15-5-1-2-6-16(15)23-19(25)17(13-7-9-14(10-8-13)24(27)28)18(20(23)26)22-11-3-4-12-22/h1-2,5-10H,3-4,11-12H2. The van der Waals surface area contributed by atoms with Crippen molar-refractivity contribution in [2.75, 3.05) is 18.0 Å². The molecule has 0 saturated carbocycles. The summed E-state index contributed by atoms with van der Waals surface area (Å²) in [5, 5.41) is 10.9. The molecule has 2 aromatic rings. The van der Waals surface area contributed by atoms with Crippen molar-refractivity contribution < 1.29 is 18.9 Å². The monoisotopic (exact) mass is 381 g/mol. The topological polar surface area (TPSA) is 83.8 Å². The summed E-state index contributed by atoms with van der Waals surface area (Å²) < 4.78 is 14.3. The maximum absolute atomic E-state index is 14.3. The largest absolute Gasteiger partial charge is 0.366 e. The van der Waals surface area contributed by atoms with E-state index in [0.717, 1.165) is 17.7 Å². The molecule has 0 spiro atoms. The number of para-hydroxylation sites is 1. The molecule has 2 aliphatic heterocycles. The van der Waals surface area contributed by atoms with Crippen LogP contribution in [0.4, 0.5) is 15.8 Å². The molecule has 2 aromatic carbocycles. The molecular formula is C20H16FN3O4. The van der Waals surface area contributed by atoms with E-state index in [1.54, 1.807) is 6.07 Å². The van der Waals surface area contributed by atoms with Crippen LogP contribution in [0.5, 0.6) is 0 Å². The Morgan fingerprint density at radius 1 is 0.929 bits per heavy atom. The van der Waals surface area contributed by atoms with Gasteiger partial charge in [-0.15, -0.1) is 0 Å². The number of nitro groups is 1. The Balaban J connectivity index is 1.83. The van der Waals surface area contributed by atoms with Crippen LogP contribution >= 0.6 is 0 Å². The lowest BCUT2D eigenvalue weighted by Crippen LogP contribution is -2.35. The van der Waals surface area contributed by atoms with Crippen molar-refractivity contribution in [3.8, 4) is 0 Å². The smallest absolute Gasteiger partial charge is 0.282 e. The molecule has 2 amide bonds. The molecule has 2 heterocycles. The normalized spacial score (nSPS) is 17.0. The number of rotatable bonds is 4. The quantitative estimate of drug-likeness (QED) is 0.462. The van der Waals surface area contributed by atoms with Crippen LogP contribution in [0.25, 0.3) is 5.57 Å². The van der Waals surface area contributed by atoms with E-state index < -0.39 is 22.6 Å². The Kier molecular flexibility index (Phi) is 4.38. The number of amides is 2. The summed E-state index contributed by atoms with van der Waals surface area (Å²) in [6.07, 6.45) is 1.77. The minimum atomic E-state index is -0.671. The lowest BCUT2D eigenvalue weighted by atomic mass is 10.0. The number of halogens is 1. The fourth-order valence-electron chi connectivity index (χ4n) is 3.61. The average Bonchev–Trinajstić information content (AvgIpc) is 3.29. The van der Waals surface area contributed by atoms with Crippen molar-refractivity contribution in [1.29, 1.82) is 0 Å². The molecule has 1 saturated heterocycles. The third-order valence-corrected chi connectivity index (χ3v) is 4.94. The van der Waals surface area contributed by atoms with Gasteiger partial charge in [0.15, 0.2) is 0 Å². The number of imide groups is 1. The van der Waals surface area contributed by atoms with Gasteiger partial charge in [-0.05, 0) is 42.7 Å². The molecule has 0 N–H and O–H groups in total. The zero-order valence-corrected chi connectivity index (χ0v) is 14.8. The highest BCUT2D eigenvalue weighted by molar-refractivity contribution is 6.45. The molecule has 4 rings (SSSR count). The number of likely N-dealkylation sites (tertiary alicyclic amines) is 1. The first-order valence-electron chi connectivity index (χ1n) is 8.86. The second kappa shape index (κ2) is 6.88. The number of nitrogens with zero attached hydrogens (tertiary/aromatic N) is 3. The molecular weight excluding hydrogens is 365 g/mol. The maximum Gasteiger partial charge on any atom is 0.282 e. The number of hydrogen-bond acceptors (Lipinski definition) is 5. The van der Waals surface area contributed by atoms with Crippen molar-refractivity contribution in [2.45, 2.75) is 12.8 Å². The van der Waals surface area contributed by atoms with Crippen molar-refractivity contribution in [3.63, 3.8) is 0 Å². The van der Waals surface area contributed by atoms with Gasteiger partial charge in [0.05, 0.1) is 16.2 Å². The highest BCUT2D eigenvalue weighted by Gasteiger charge is 2.43. The van der Waals surface area contributed by atoms with E-state index in [-0.39, 0.29) is 22.6 Å². The second-order valence-electron chi connectivity index (χ2n) is 6.62. The molecule has 8 heteroatoms. The van der Waals surface area contributed by atoms with E-state index in [1.165, 1.54) is 42.5 Å². The molecule has 0 aromatic heterocycles. The summed E-state index contributed by atoms with van der Waals surface area (Å²) in [6.45, 7) is 1.24. The fourth-order valence-corrected chi connectivity index (χ4v) is 3.61. The summed E-state index contributed by atoms with van der Waals surface area (Å²) in [5.41, 5.74) is 0.537. The Morgan fingerprint density at radius 3 is 2.18 bits per heavy atom. The van der Waals surface area contributed by atoms with E-state index >= 15 is 0 Å². The third-order valence-electron chi connectivity index (χ3n) is 4.94. The van der Waals surface area contributed by atoms with Gasteiger partial charge >= 0.3 is 0 Å². The van der Waals surface area contributed by atoms with Crippen LogP contribution in [0, 0.1) is 15.9 Å². The Labute approximate surface area is 159 Å². The fraction of sp³-hybridized carbons (Fsp3) is 0.200. The van der Waals surface area contributed by atoms with Crippen LogP contribution in [-0.4, -0.2) is 34.7 Å². The van der Waals surface area contributed by atoms with E-state index in [2.05, 4.69) is 0 Å². The number of benzene rings is 2. The van der Waals surface area contributed by atoms with Gasteiger partial charge in [-0.3, -0.25) is 19.7 Å². The first kappa shape index (κ1) is 17.8. The predicted molar refractivity (Wildman–Crippen MR) is 99.7 cm³/mol. The van der Waals surface area contributed by atoms with Gasteiger partial charge in [0.1, 0.15) is 11.5 Å². The van der Waals surface area contributed by atoms with Gasteiger partial charge in [0.25, 0.3) is 17.5 Å². The van der Waals surface area contributed by atoms with Crippen LogP contribution < -0.4 is 4.90 Å². The molecule has 7 nitrogen and oxygen atoms in total. The van der Waals surface area contributed by atoms with Crippen LogP contribution in [0.15, 0.2) is 54.2 Å². The van der Waals surface area contributed by atoms with Crippen molar-refractivity contribution in [2.24, 2.45) is 0 Å². The molecule has 0 atom stereocenters. The van der Waals surface area contributed by atoms with Crippen LogP contribution in [0.1, 0.15) is 18.4 Å². The van der Waals surface area contributed by atoms with E-state index in [0.29, 0.717) is 18.7 Å². The van der Waals surface area contributed by atoms with Crippen molar-refractivity contribution in [1.82, 2.24) is 4.90 Å². The first-order chi connectivity index (χ1) is 13.5. The third kappa shape index (κ3) is 2.83. The molecule has 28 heavy (non-hydrogen) atoms. The Bertz CT molecular complexity index is 1010. The molecule has 0 bridgehead atoms. The van der Waals surface area contributed by atoms with Crippen LogP contribution in [-0.2, 0) is 9.59 Å². The zero-order valence-electron chi connectivity index (χ0n) is 14.8. The van der Waals surface area contributed by atoms with E-state index in [4.69, 9.17) is 0 Å². The SMILES string of the molecule is O=C1C(c2ccc([N+](=O)[O-])cc2)=C(N2CCCC2)C(=O)N1c1ccccc1F. The lowest BCUT2D eigenvalue weighted by molar-refractivity contribution is -0.384. The maximum atomic E-state index is 14.3. The summed E-state index contributed by atoms with van der Waals surface area (Å²) in [7, 11) is 0. The van der Waals surface area contributed by atoms with Gasteiger partial charge in [-0.1, -0.05) is 12.1 Å². The minimum absolute atomic E-state index is 0.105. The lowest BCUT2D eigenvalue weighted by Gasteiger charge is -2.20. The van der Waals surface area contributed by atoms with Gasteiger partial charge in [-0.2, -0.15) is 0 Å². The second-order valence-corrected chi connectivity index (χ2v) is 6.62. The van der Waals surface area contributed by atoms with E-state index in [1.807, 2.05) is 4.90 Å². The summed E-state index contributed by atoms with van der Waals surface area (Å²) in [6, 6.07) is 11.1. The van der Waals surface area contributed by atoms with Crippen molar-refractivity contribution in [3.05, 3.63) is 75.7 Å². The zero-order chi connectivity index (χ0) is 19.8. The molecule has 0 radical (unpaired) electrons. The first-order valence-corrected chi connectivity index (χ1v) is 8.86. The number of carbonyl (C=O) groups excluding carboxylic acids is 2. The Morgan fingerprint density at radius 2 is 1.57 bits per heavy atom. The highest BCUT2D eigenvalue weighted by atomic mass is 19.1. The summed E-state index contributed by atoms with van der Waals surface area (Å²) in [5.74, 6) is -1.88. The average molecular weight is 381 g/mol. The van der Waals surface area contributed by atoms with Crippen LogP contribution in [0.2, 0.25) is 0 Å². The van der Waals surface area contributed by atoms with Crippen molar-refractivity contribution >= 4 is 28.8 Å². The molecule has 142 valence electrons. The number of carbonyl (C=O) groups is 2. The van der Waals surface area contributed by atoms with Gasteiger partial charge in [0, 0.05) is 25.2 Å². The predicted octanol–water partition coefficient (Wildman–Crippen LogP) is 3.11. The number of non-ortho nitro benzene ring substituents is 1. The number of hydrogen-bond donors (Lipinski definition) is 0. The van der Waals surface area contributed by atoms with Gasteiger partial charge in [0.2, 0.25) is 0 Å². The van der Waals surface area contributed by atoms with Gasteiger partial charge < -0.3 is 4.90 Å². The van der Waals surface area contributed by atoms with E-state index in [9.17, 15) is 24.1 Å². The number of anilines is 1. The molecule has 1 fully saturated rings.